The number of halogens is 5. The molecule has 0 aliphatic carbocycles. The summed E-state index contributed by atoms with van der Waals surface area (Å²) in [5.41, 5.74) is 1.21. The Hall–Kier alpha value is -3.14. The Labute approximate surface area is 156 Å². The highest BCUT2D eigenvalue weighted by Crippen LogP contribution is 2.31. The molecule has 0 aliphatic heterocycles. The number of nitrogens with one attached hydrogen (secondary N) is 1. The van der Waals surface area contributed by atoms with Crippen LogP contribution >= 0.6 is 0 Å². The molecule has 0 amide bonds. The number of para-hydroxylation sites is 1. The molecule has 28 heavy (non-hydrogen) atoms. The van der Waals surface area contributed by atoms with Crippen LogP contribution in [0.2, 0.25) is 0 Å². The van der Waals surface area contributed by atoms with Crippen LogP contribution < -0.4 is 9.50 Å². The Bertz CT molecular complexity index is 1090. The van der Waals surface area contributed by atoms with E-state index in [-0.39, 0.29) is 0 Å². The molecule has 0 bridgehead atoms. The first-order chi connectivity index (χ1) is 13.2. The lowest BCUT2D eigenvalue weighted by Crippen LogP contribution is -2.14. The SMILES string of the molecule is O=S(=O)(Oc1c(F)c(F)c(F)c(F)c1F)c1ccc(Nc2ccccc2)cc1. The molecule has 0 fully saturated rings. The molecule has 0 radical (unpaired) electrons. The van der Waals surface area contributed by atoms with Gasteiger partial charge in [-0.1, -0.05) is 18.2 Å². The topological polar surface area (TPSA) is 55.4 Å². The molecule has 0 unspecified atom stereocenters. The maximum atomic E-state index is 13.6. The Morgan fingerprint density at radius 3 is 1.64 bits per heavy atom. The first-order valence-electron chi connectivity index (χ1n) is 7.59. The molecule has 0 spiro atoms. The molecule has 0 aliphatic rings. The minimum absolute atomic E-state index is 0.487. The highest BCUT2D eigenvalue weighted by atomic mass is 32.2. The molecule has 0 saturated carbocycles. The van der Waals surface area contributed by atoms with Crippen molar-refractivity contribution in [1.29, 1.82) is 0 Å². The fourth-order valence-electron chi connectivity index (χ4n) is 2.21. The Morgan fingerprint density at radius 1 is 0.643 bits per heavy atom. The summed E-state index contributed by atoms with van der Waals surface area (Å²) in [5.74, 6) is -13.7. The fourth-order valence-corrected chi connectivity index (χ4v) is 3.14. The maximum Gasteiger partial charge on any atom is 0.339 e. The summed E-state index contributed by atoms with van der Waals surface area (Å²) in [6, 6.07) is 13.6. The van der Waals surface area contributed by atoms with Crippen LogP contribution in [0.25, 0.3) is 0 Å². The van der Waals surface area contributed by atoms with Crippen LogP contribution in [0.4, 0.5) is 33.3 Å². The normalized spacial score (nSPS) is 11.3. The number of anilines is 2. The molecule has 4 nitrogen and oxygen atoms in total. The molecule has 1 N–H and O–H groups in total. The molecule has 146 valence electrons. The van der Waals surface area contributed by atoms with Gasteiger partial charge in [-0.15, -0.1) is 0 Å². The maximum absolute atomic E-state index is 13.6. The van der Waals surface area contributed by atoms with Gasteiger partial charge < -0.3 is 9.50 Å². The zero-order valence-corrected chi connectivity index (χ0v) is 14.5. The molecule has 0 atom stereocenters. The van der Waals surface area contributed by atoms with E-state index in [0.717, 1.165) is 17.8 Å². The van der Waals surface area contributed by atoms with E-state index >= 15 is 0 Å². The van der Waals surface area contributed by atoms with E-state index in [2.05, 4.69) is 9.50 Å². The van der Waals surface area contributed by atoms with Crippen LogP contribution in [0.15, 0.2) is 59.5 Å². The van der Waals surface area contributed by atoms with Gasteiger partial charge in [-0.05, 0) is 36.4 Å². The Balaban J connectivity index is 1.88. The van der Waals surface area contributed by atoms with Crippen LogP contribution in [-0.2, 0) is 10.1 Å². The summed E-state index contributed by atoms with van der Waals surface area (Å²) in [7, 11) is -4.86. The number of rotatable bonds is 5. The number of benzene rings is 3. The van der Waals surface area contributed by atoms with Crippen LogP contribution in [0, 0.1) is 29.1 Å². The van der Waals surface area contributed by atoms with E-state index in [9.17, 15) is 30.4 Å². The van der Waals surface area contributed by atoms with Crippen molar-refractivity contribution in [1.82, 2.24) is 0 Å². The first kappa shape index (κ1) is 19.6. The van der Waals surface area contributed by atoms with Gasteiger partial charge in [0.1, 0.15) is 4.90 Å². The molecule has 0 heterocycles. The van der Waals surface area contributed by atoms with E-state index in [4.69, 9.17) is 0 Å². The van der Waals surface area contributed by atoms with E-state index < -0.39 is 49.8 Å². The average molecular weight is 415 g/mol. The Morgan fingerprint density at radius 2 is 1.11 bits per heavy atom. The molecule has 3 aromatic carbocycles. The second kappa shape index (κ2) is 7.47. The summed E-state index contributed by atoms with van der Waals surface area (Å²) < 4.78 is 95.2. The molecule has 3 rings (SSSR count). The van der Waals surface area contributed by atoms with Gasteiger partial charge in [-0.3, -0.25) is 0 Å². The third-order valence-corrected chi connectivity index (χ3v) is 4.80. The minimum Gasteiger partial charge on any atom is -0.372 e. The van der Waals surface area contributed by atoms with Crippen molar-refractivity contribution in [2.45, 2.75) is 4.90 Å². The van der Waals surface area contributed by atoms with Crippen molar-refractivity contribution in [3.05, 3.63) is 83.7 Å². The predicted molar refractivity (Wildman–Crippen MR) is 90.2 cm³/mol. The van der Waals surface area contributed by atoms with Crippen molar-refractivity contribution in [2.75, 3.05) is 5.32 Å². The molecule has 0 aromatic heterocycles. The highest BCUT2D eigenvalue weighted by Gasteiger charge is 2.30. The van der Waals surface area contributed by atoms with Gasteiger partial charge in [-0.25, -0.2) is 13.2 Å². The predicted octanol–water partition coefficient (Wildman–Crippen LogP) is 4.89. The quantitative estimate of drug-likeness (QED) is 0.279. The van der Waals surface area contributed by atoms with Gasteiger partial charge in [0.25, 0.3) is 0 Å². The van der Waals surface area contributed by atoms with Crippen molar-refractivity contribution in [2.24, 2.45) is 0 Å². The van der Waals surface area contributed by atoms with Crippen LogP contribution in [0.5, 0.6) is 5.75 Å². The first-order valence-corrected chi connectivity index (χ1v) is 8.99. The van der Waals surface area contributed by atoms with Crippen LogP contribution in [-0.4, -0.2) is 8.42 Å². The average Bonchev–Trinajstić information content (AvgIpc) is 2.69. The zero-order chi connectivity index (χ0) is 20.5. The zero-order valence-electron chi connectivity index (χ0n) is 13.7. The van der Waals surface area contributed by atoms with Crippen LogP contribution in [0.1, 0.15) is 0 Å². The van der Waals surface area contributed by atoms with Crippen molar-refractivity contribution in [3.8, 4) is 5.75 Å². The minimum atomic E-state index is -4.86. The smallest absolute Gasteiger partial charge is 0.339 e. The number of hydrogen-bond acceptors (Lipinski definition) is 4. The van der Waals surface area contributed by atoms with Crippen molar-refractivity contribution in [3.63, 3.8) is 0 Å². The molecule has 10 heteroatoms. The second-order valence-corrected chi connectivity index (χ2v) is 7.00. The van der Waals surface area contributed by atoms with Gasteiger partial charge in [0.2, 0.25) is 34.8 Å². The van der Waals surface area contributed by atoms with Gasteiger partial charge >= 0.3 is 10.1 Å². The summed E-state index contributed by atoms with van der Waals surface area (Å²) in [5, 5.41) is 2.98. The summed E-state index contributed by atoms with van der Waals surface area (Å²) in [4.78, 5) is -0.546. The van der Waals surface area contributed by atoms with Gasteiger partial charge in [0.05, 0.1) is 0 Å². The molecule has 3 aromatic rings. The summed E-state index contributed by atoms with van der Waals surface area (Å²) in [6.45, 7) is 0. The van der Waals surface area contributed by atoms with Crippen molar-refractivity contribution < 1.29 is 34.6 Å². The van der Waals surface area contributed by atoms with Crippen LogP contribution in [0.3, 0.4) is 0 Å². The summed E-state index contributed by atoms with van der Waals surface area (Å²) >= 11 is 0. The van der Waals surface area contributed by atoms with E-state index in [1.807, 2.05) is 0 Å². The van der Waals surface area contributed by atoms with Gasteiger partial charge in [0, 0.05) is 11.4 Å². The number of hydrogen-bond donors (Lipinski definition) is 1. The van der Waals surface area contributed by atoms with E-state index in [1.54, 1.807) is 30.3 Å². The lowest BCUT2D eigenvalue weighted by molar-refractivity contribution is 0.346. The monoisotopic (exact) mass is 415 g/mol. The van der Waals surface area contributed by atoms with Gasteiger partial charge in [0.15, 0.2) is 0 Å². The largest absolute Gasteiger partial charge is 0.372 e. The Kier molecular flexibility index (Phi) is 5.23. The second-order valence-electron chi connectivity index (χ2n) is 5.45. The van der Waals surface area contributed by atoms with Crippen molar-refractivity contribution >= 4 is 21.5 Å². The molecular formula is C18H10F5NO3S. The molecular weight excluding hydrogens is 405 g/mol. The van der Waals surface area contributed by atoms with E-state index in [1.165, 1.54) is 12.1 Å². The van der Waals surface area contributed by atoms with Gasteiger partial charge in [-0.2, -0.15) is 17.2 Å². The fraction of sp³-hybridized carbons (Fsp3) is 0. The summed E-state index contributed by atoms with van der Waals surface area (Å²) in [6.07, 6.45) is 0. The third-order valence-electron chi connectivity index (χ3n) is 3.57. The standard InChI is InChI=1S/C18H10F5NO3S/c19-13-14(20)16(22)18(17(23)15(13)21)27-28(25,26)12-8-6-11(7-9-12)24-10-4-2-1-3-5-10/h1-9,24H. The third kappa shape index (κ3) is 3.77. The lowest BCUT2D eigenvalue weighted by atomic mass is 10.3. The molecule has 0 saturated heterocycles. The highest BCUT2D eigenvalue weighted by molar-refractivity contribution is 7.87. The van der Waals surface area contributed by atoms with E-state index in [0.29, 0.717) is 5.69 Å². The lowest BCUT2D eigenvalue weighted by Gasteiger charge is -2.11.